The van der Waals surface area contributed by atoms with Gasteiger partial charge in [-0.15, -0.1) is 0 Å². The maximum Gasteiger partial charge on any atom is 0.164 e. The molecule has 1 saturated carbocycles. The fourth-order valence-electron chi connectivity index (χ4n) is 4.50. The molecule has 0 amide bonds. The minimum atomic E-state index is 0.542. The van der Waals surface area contributed by atoms with Crippen LogP contribution in [0.15, 0.2) is 40.9 Å². The molecule has 154 valence electrons. The van der Waals surface area contributed by atoms with Gasteiger partial charge in [0.1, 0.15) is 5.75 Å². The number of hydrogen-bond donors (Lipinski definition) is 0. The summed E-state index contributed by atoms with van der Waals surface area (Å²) < 4.78 is 18.1. The van der Waals surface area contributed by atoms with Crippen LogP contribution in [0.5, 0.6) is 17.2 Å². The second-order valence-electron chi connectivity index (χ2n) is 7.80. The lowest BCUT2D eigenvalue weighted by atomic mass is 9.96. The molecule has 2 aliphatic rings. The molecule has 0 radical (unpaired) electrons. The smallest absolute Gasteiger partial charge is 0.164 e. The zero-order valence-electron chi connectivity index (χ0n) is 17.6. The van der Waals surface area contributed by atoms with Gasteiger partial charge in [0, 0.05) is 38.6 Å². The minimum Gasteiger partial charge on any atom is -0.496 e. The summed E-state index contributed by atoms with van der Waals surface area (Å²) in [4.78, 5) is 2.25. The molecule has 3 aromatic carbocycles. The molecule has 5 heteroatoms. The average Bonchev–Trinajstić information content (AvgIpc) is 3.57. The molecule has 30 heavy (non-hydrogen) atoms. The van der Waals surface area contributed by atoms with Gasteiger partial charge in [-0.05, 0) is 54.5 Å². The predicted octanol–water partition coefficient (Wildman–Crippen LogP) is 4.54. The predicted molar refractivity (Wildman–Crippen MR) is 125 cm³/mol. The van der Waals surface area contributed by atoms with E-state index < -0.39 is 0 Å². The Hall–Kier alpha value is -2.66. The number of benzene rings is 3. The Morgan fingerprint density at radius 1 is 0.933 bits per heavy atom. The highest BCUT2D eigenvalue weighted by atomic mass is 79.9. The molecule has 3 aromatic rings. The number of nitrogens with zero attached hydrogens (tertiary/aromatic N) is 1. The summed E-state index contributed by atoms with van der Waals surface area (Å²) in [6.45, 7) is 0. The number of anilines is 1. The molecule has 2 aliphatic carbocycles. The van der Waals surface area contributed by atoms with E-state index in [0.717, 1.165) is 38.3 Å². The molecule has 0 atom stereocenters. The van der Waals surface area contributed by atoms with Crippen molar-refractivity contribution >= 4 is 44.2 Å². The van der Waals surface area contributed by atoms with Gasteiger partial charge in [0.05, 0.1) is 27.0 Å². The van der Waals surface area contributed by atoms with Crippen LogP contribution in [0, 0.1) is 0 Å². The Morgan fingerprint density at radius 3 is 2.37 bits per heavy atom. The van der Waals surface area contributed by atoms with Crippen molar-refractivity contribution in [2.45, 2.75) is 18.8 Å². The SMILES string of the molecule is COc1cc2c(N(C)C3=c4c(Br)ccc(OC)c4=C3)cccc2c(C2CC2)c1OC. The van der Waals surface area contributed by atoms with E-state index in [4.69, 9.17) is 14.2 Å². The van der Waals surface area contributed by atoms with Crippen molar-refractivity contribution in [1.82, 2.24) is 0 Å². The Balaban J connectivity index is 1.73. The highest BCUT2D eigenvalue weighted by Crippen LogP contribution is 2.52. The standard InChI is InChI=1S/C25H24BrNO3/c1-27(20-12-17-21(28-2)11-10-18(26)24(17)20)19-7-5-6-15-16(19)13-22(29-3)25(30-4)23(15)14-8-9-14/h5-7,10-14H,8-9H2,1-4H3. The lowest BCUT2D eigenvalue weighted by Crippen LogP contribution is -2.42. The van der Waals surface area contributed by atoms with Crippen LogP contribution < -0.4 is 29.5 Å². The van der Waals surface area contributed by atoms with Gasteiger partial charge in [0.15, 0.2) is 11.5 Å². The maximum atomic E-state index is 5.77. The van der Waals surface area contributed by atoms with Crippen molar-refractivity contribution in [3.63, 3.8) is 0 Å². The van der Waals surface area contributed by atoms with Gasteiger partial charge in [-0.25, -0.2) is 0 Å². The number of methoxy groups -OCH3 is 3. The summed E-state index contributed by atoms with van der Waals surface area (Å²) in [5.74, 6) is 3.09. The Kier molecular flexibility index (Phi) is 4.66. The van der Waals surface area contributed by atoms with Crippen LogP contribution >= 0.6 is 15.9 Å². The second-order valence-corrected chi connectivity index (χ2v) is 8.65. The summed E-state index contributed by atoms with van der Waals surface area (Å²) in [5.41, 5.74) is 3.57. The van der Waals surface area contributed by atoms with Crippen molar-refractivity contribution in [3.8, 4) is 17.2 Å². The van der Waals surface area contributed by atoms with Crippen LogP contribution in [0.4, 0.5) is 5.69 Å². The third kappa shape index (κ3) is 2.79. The third-order valence-electron chi connectivity index (χ3n) is 6.16. The monoisotopic (exact) mass is 465 g/mol. The van der Waals surface area contributed by atoms with E-state index in [2.05, 4.69) is 58.2 Å². The van der Waals surface area contributed by atoms with Crippen LogP contribution in [0.1, 0.15) is 24.3 Å². The molecule has 0 bridgehead atoms. The Bertz CT molecular complexity index is 1290. The molecule has 0 saturated heterocycles. The van der Waals surface area contributed by atoms with E-state index in [1.807, 2.05) is 12.1 Å². The molecule has 0 aromatic heterocycles. The fourth-order valence-corrected chi connectivity index (χ4v) is 5.05. The summed E-state index contributed by atoms with van der Waals surface area (Å²) in [6, 6.07) is 12.6. The first-order valence-corrected chi connectivity index (χ1v) is 10.9. The number of halogens is 1. The fraction of sp³-hybridized carbons (Fsp3) is 0.280. The topological polar surface area (TPSA) is 30.9 Å². The lowest BCUT2D eigenvalue weighted by Gasteiger charge is -2.28. The van der Waals surface area contributed by atoms with Crippen LogP contribution in [-0.2, 0) is 0 Å². The van der Waals surface area contributed by atoms with E-state index in [1.165, 1.54) is 34.4 Å². The maximum absolute atomic E-state index is 5.77. The van der Waals surface area contributed by atoms with Gasteiger partial charge in [-0.3, -0.25) is 0 Å². The second kappa shape index (κ2) is 7.24. The first kappa shape index (κ1) is 19.3. The molecule has 0 heterocycles. The number of ether oxygens (including phenoxy) is 3. The van der Waals surface area contributed by atoms with Gasteiger partial charge in [0.2, 0.25) is 0 Å². The third-order valence-corrected chi connectivity index (χ3v) is 6.82. The molecule has 4 nitrogen and oxygen atoms in total. The van der Waals surface area contributed by atoms with E-state index in [9.17, 15) is 0 Å². The summed E-state index contributed by atoms with van der Waals surface area (Å²) >= 11 is 3.71. The average molecular weight is 466 g/mol. The van der Waals surface area contributed by atoms with Gasteiger partial charge >= 0.3 is 0 Å². The number of hydrogen-bond acceptors (Lipinski definition) is 4. The minimum absolute atomic E-state index is 0.542. The zero-order valence-corrected chi connectivity index (χ0v) is 19.2. The van der Waals surface area contributed by atoms with Crippen molar-refractivity contribution in [2.24, 2.45) is 0 Å². The van der Waals surface area contributed by atoms with Crippen LogP contribution in [0.25, 0.3) is 22.5 Å². The van der Waals surface area contributed by atoms with E-state index in [0.29, 0.717) is 5.92 Å². The van der Waals surface area contributed by atoms with E-state index >= 15 is 0 Å². The van der Waals surface area contributed by atoms with Crippen LogP contribution in [0.2, 0.25) is 0 Å². The molecule has 0 aliphatic heterocycles. The first-order chi connectivity index (χ1) is 14.6. The van der Waals surface area contributed by atoms with E-state index in [-0.39, 0.29) is 0 Å². The van der Waals surface area contributed by atoms with Crippen LogP contribution in [0.3, 0.4) is 0 Å². The van der Waals surface area contributed by atoms with Gasteiger partial charge < -0.3 is 19.1 Å². The Morgan fingerprint density at radius 2 is 1.70 bits per heavy atom. The van der Waals surface area contributed by atoms with Crippen molar-refractivity contribution in [2.75, 3.05) is 33.3 Å². The quantitative estimate of drug-likeness (QED) is 0.534. The van der Waals surface area contributed by atoms with E-state index in [1.54, 1.807) is 21.3 Å². The summed E-state index contributed by atoms with van der Waals surface area (Å²) in [6.07, 6.45) is 4.58. The zero-order chi connectivity index (χ0) is 21.0. The summed E-state index contributed by atoms with van der Waals surface area (Å²) in [5, 5.41) is 4.72. The normalized spacial score (nSPS) is 14.6. The molecule has 0 unspecified atom stereocenters. The molecule has 5 rings (SSSR count). The van der Waals surface area contributed by atoms with Crippen LogP contribution in [-0.4, -0.2) is 28.4 Å². The van der Waals surface area contributed by atoms with Crippen molar-refractivity contribution in [3.05, 3.63) is 56.9 Å². The molecule has 0 spiro atoms. The number of rotatable bonds is 6. The summed E-state index contributed by atoms with van der Waals surface area (Å²) in [7, 11) is 7.26. The largest absolute Gasteiger partial charge is 0.496 e. The molecular weight excluding hydrogens is 442 g/mol. The Labute approximate surface area is 184 Å². The highest BCUT2D eigenvalue weighted by molar-refractivity contribution is 9.10. The first-order valence-electron chi connectivity index (χ1n) is 10.1. The van der Waals surface area contributed by atoms with Gasteiger partial charge in [-0.1, -0.05) is 28.1 Å². The highest BCUT2D eigenvalue weighted by Gasteiger charge is 2.31. The number of fused-ring (bicyclic) bond motifs is 2. The van der Waals surface area contributed by atoms with Crippen molar-refractivity contribution < 1.29 is 14.2 Å². The molecule has 0 N–H and O–H groups in total. The lowest BCUT2D eigenvalue weighted by molar-refractivity contribution is 0.353. The molecular formula is C25H24BrNO3. The van der Waals surface area contributed by atoms with Crippen molar-refractivity contribution in [1.29, 1.82) is 0 Å². The van der Waals surface area contributed by atoms with Gasteiger partial charge in [0.25, 0.3) is 0 Å². The van der Waals surface area contributed by atoms with Gasteiger partial charge in [-0.2, -0.15) is 0 Å². The molecule has 1 fully saturated rings.